The second-order valence-corrected chi connectivity index (χ2v) is 4.32. The van der Waals surface area contributed by atoms with Crippen LogP contribution in [0.15, 0.2) is 42.5 Å². The van der Waals surface area contributed by atoms with Gasteiger partial charge in [0.2, 0.25) is 0 Å². The van der Waals surface area contributed by atoms with Gasteiger partial charge in [0.25, 0.3) is 0 Å². The van der Waals surface area contributed by atoms with Gasteiger partial charge >= 0.3 is 0 Å². The van der Waals surface area contributed by atoms with E-state index >= 15 is 0 Å². The van der Waals surface area contributed by atoms with Crippen molar-refractivity contribution in [1.29, 1.82) is 0 Å². The molecule has 0 aromatic heterocycles. The summed E-state index contributed by atoms with van der Waals surface area (Å²) in [5.74, 6) is -0.330. The molecule has 94 valence electrons. The minimum absolute atomic E-state index is 0.144. The van der Waals surface area contributed by atoms with Crippen LogP contribution in [-0.2, 0) is 6.61 Å². The summed E-state index contributed by atoms with van der Waals surface area (Å²) < 4.78 is 13.7. The molecular weight excluding hydrogens is 253 g/mol. The third-order valence-electron chi connectivity index (χ3n) is 2.79. The van der Waals surface area contributed by atoms with Crippen molar-refractivity contribution in [3.63, 3.8) is 0 Å². The van der Waals surface area contributed by atoms with Crippen molar-refractivity contribution in [2.45, 2.75) is 6.61 Å². The van der Waals surface area contributed by atoms with Crippen molar-refractivity contribution in [1.82, 2.24) is 0 Å². The van der Waals surface area contributed by atoms with E-state index in [9.17, 15) is 9.50 Å². The maximum absolute atomic E-state index is 13.7. The van der Waals surface area contributed by atoms with Crippen molar-refractivity contribution in [3.8, 4) is 0 Å². The molecule has 0 atom stereocenters. The summed E-state index contributed by atoms with van der Waals surface area (Å²) in [6.45, 7) is -0.144. The molecule has 0 spiro atoms. The number of nitrogens with zero attached hydrogens (tertiary/aromatic N) is 1. The Kier molecular flexibility index (Phi) is 3.84. The van der Waals surface area contributed by atoms with Gasteiger partial charge in [0, 0.05) is 12.6 Å². The molecule has 0 aliphatic rings. The number of aliphatic hydroxyl groups excluding tert-OH is 1. The Labute approximate surface area is 110 Å². The molecular formula is C14H13ClFNO. The molecule has 0 fully saturated rings. The van der Waals surface area contributed by atoms with Crippen LogP contribution < -0.4 is 4.90 Å². The molecule has 4 heteroatoms. The average molecular weight is 266 g/mol. The van der Waals surface area contributed by atoms with Crippen LogP contribution in [0.3, 0.4) is 0 Å². The minimum Gasteiger partial charge on any atom is -0.392 e. The van der Waals surface area contributed by atoms with E-state index in [-0.39, 0.29) is 12.4 Å². The molecule has 0 radical (unpaired) electrons. The van der Waals surface area contributed by atoms with Gasteiger partial charge in [0.05, 0.1) is 23.0 Å². The van der Waals surface area contributed by atoms with Crippen LogP contribution in [0.1, 0.15) is 5.56 Å². The first-order valence-electron chi connectivity index (χ1n) is 5.51. The largest absolute Gasteiger partial charge is 0.392 e. The molecule has 1 N–H and O–H groups in total. The zero-order valence-corrected chi connectivity index (χ0v) is 10.7. The lowest BCUT2D eigenvalue weighted by Crippen LogP contribution is -2.14. The van der Waals surface area contributed by atoms with E-state index in [1.165, 1.54) is 6.07 Å². The zero-order valence-electron chi connectivity index (χ0n) is 9.90. The van der Waals surface area contributed by atoms with Crippen LogP contribution in [0.2, 0.25) is 5.02 Å². The average Bonchev–Trinajstić information content (AvgIpc) is 2.38. The van der Waals surface area contributed by atoms with Crippen LogP contribution in [0, 0.1) is 5.82 Å². The SMILES string of the molecule is CN(c1ccccc1F)c1c(Cl)cccc1CO. The lowest BCUT2D eigenvalue weighted by atomic mass is 10.1. The zero-order chi connectivity index (χ0) is 13.1. The Morgan fingerprint density at radius 1 is 1.17 bits per heavy atom. The van der Waals surface area contributed by atoms with E-state index in [4.69, 9.17) is 11.6 Å². The van der Waals surface area contributed by atoms with Crippen molar-refractivity contribution >= 4 is 23.0 Å². The number of hydrogen-bond acceptors (Lipinski definition) is 2. The minimum atomic E-state index is -0.330. The van der Waals surface area contributed by atoms with Crippen LogP contribution in [0.25, 0.3) is 0 Å². The van der Waals surface area contributed by atoms with Gasteiger partial charge in [-0.2, -0.15) is 0 Å². The van der Waals surface area contributed by atoms with E-state index in [0.717, 1.165) is 0 Å². The van der Waals surface area contributed by atoms with Gasteiger partial charge in [-0.25, -0.2) is 4.39 Å². The number of para-hydroxylation sites is 2. The number of hydrogen-bond donors (Lipinski definition) is 1. The standard InChI is InChI=1S/C14H13ClFNO/c1-17(13-8-3-2-7-12(13)16)14-10(9-18)5-4-6-11(14)15/h2-8,18H,9H2,1H3. The first-order chi connectivity index (χ1) is 8.65. The van der Waals surface area contributed by atoms with E-state index in [1.807, 2.05) is 0 Å². The van der Waals surface area contributed by atoms with Gasteiger partial charge in [-0.15, -0.1) is 0 Å². The van der Waals surface area contributed by atoms with Gasteiger partial charge in [-0.05, 0) is 18.2 Å². The highest BCUT2D eigenvalue weighted by molar-refractivity contribution is 6.33. The summed E-state index contributed by atoms with van der Waals surface area (Å²) in [6.07, 6.45) is 0. The molecule has 0 aliphatic heterocycles. The van der Waals surface area contributed by atoms with Crippen molar-refractivity contribution < 1.29 is 9.50 Å². The molecule has 0 amide bonds. The molecule has 18 heavy (non-hydrogen) atoms. The molecule has 0 bridgehead atoms. The van der Waals surface area contributed by atoms with E-state index < -0.39 is 0 Å². The normalized spacial score (nSPS) is 10.4. The number of rotatable bonds is 3. The van der Waals surface area contributed by atoms with Gasteiger partial charge in [0.15, 0.2) is 0 Å². The maximum atomic E-state index is 13.7. The Hall–Kier alpha value is -1.58. The number of halogens is 2. The molecule has 2 aromatic carbocycles. The van der Waals surface area contributed by atoms with Crippen LogP contribution in [0.5, 0.6) is 0 Å². The van der Waals surface area contributed by atoms with Gasteiger partial charge < -0.3 is 10.0 Å². The smallest absolute Gasteiger partial charge is 0.146 e. The molecule has 0 saturated carbocycles. The quantitative estimate of drug-likeness (QED) is 0.914. The fraction of sp³-hybridized carbons (Fsp3) is 0.143. The maximum Gasteiger partial charge on any atom is 0.146 e. The summed E-state index contributed by atoms with van der Waals surface area (Å²) >= 11 is 6.13. The van der Waals surface area contributed by atoms with E-state index in [2.05, 4.69) is 0 Å². The summed E-state index contributed by atoms with van der Waals surface area (Å²) in [7, 11) is 1.72. The third-order valence-corrected chi connectivity index (χ3v) is 3.09. The first-order valence-corrected chi connectivity index (χ1v) is 5.89. The molecule has 2 nitrogen and oxygen atoms in total. The summed E-state index contributed by atoms with van der Waals surface area (Å²) in [6, 6.07) is 11.7. The monoisotopic (exact) mass is 265 g/mol. The third kappa shape index (κ3) is 2.33. The van der Waals surface area contributed by atoms with Crippen LogP contribution >= 0.6 is 11.6 Å². The van der Waals surface area contributed by atoms with Crippen molar-refractivity contribution in [3.05, 3.63) is 58.9 Å². The number of benzene rings is 2. The second-order valence-electron chi connectivity index (χ2n) is 3.92. The van der Waals surface area contributed by atoms with Crippen molar-refractivity contribution in [2.75, 3.05) is 11.9 Å². The van der Waals surface area contributed by atoms with Gasteiger partial charge in [0.1, 0.15) is 5.82 Å². The van der Waals surface area contributed by atoms with Crippen molar-refractivity contribution in [2.24, 2.45) is 0 Å². The molecule has 2 rings (SSSR count). The molecule has 2 aromatic rings. The van der Waals surface area contributed by atoms with Crippen LogP contribution in [0.4, 0.5) is 15.8 Å². The Bertz CT molecular complexity index is 559. The number of anilines is 2. The van der Waals surface area contributed by atoms with Crippen LogP contribution in [-0.4, -0.2) is 12.2 Å². The Balaban J connectivity index is 2.52. The Morgan fingerprint density at radius 3 is 2.56 bits per heavy atom. The predicted octanol–water partition coefficient (Wildman–Crippen LogP) is 3.74. The summed E-state index contributed by atoms with van der Waals surface area (Å²) in [5.41, 5.74) is 1.69. The van der Waals surface area contributed by atoms with E-state index in [1.54, 1.807) is 48.3 Å². The lowest BCUT2D eigenvalue weighted by Gasteiger charge is -2.23. The second kappa shape index (κ2) is 5.38. The highest BCUT2D eigenvalue weighted by Crippen LogP contribution is 2.34. The molecule has 0 heterocycles. The van der Waals surface area contributed by atoms with Gasteiger partial charge in [-0.1, -0.05) is 35.9 Å². The Morgan fingerprint density at radius 2 is 1.89 bits per heavy atom. The first kappa shape index (κ1) is 12.9. The fourth-order valence-corrected chi connectivity index (χ4v) is 2.23. The van der Waals surface area contributed by atoms with Gasteiger partial charge in [-0.3, -0.25) is 0 Å². The predicted molar refractivity (Wildman–Crippen MR) is 71.8 cm³/mol. The van der Waals surface area contributed by atoms with E-state index in [0.29, 0.717) is 22.0 Å². The molecule has 0 aliphatic carbocycles. The molecule has 0 saturated heterocycles. The summed E-state index contributed by atoms with van der Waals surface area (Å²) in [5, 5.41) is 9.81. The lowest BCUT2D eigenvalue weighted by molar-refractivity contribution is 0.282. The topological polar surface area (TPSA) is 23.5 Å². The highest BCUT2D eigenvalue weighted by Gasteiger charge is 2.15. The highest BCUT2D eigenvalue weighted by atomic mass is 35.5. The number of aliphatic hydroxyl groups is 1. The summed E-state index contributed by atoms with van der Waals surface area (Å²) in [4.78, 5) is 1.64. The molecule has 0 unspecified atom stereocenters. The fourth-order valence-electron chi connectivity index (χ4n) is 1.91.